The summed E-state index contributed by atoms with van der Waals surface area (Å²) in [4.78, 5) is 4.25. The number of rotatable bonds is 4. The number of anilines is 1. The van der Waals surface area contributed by atoms with Crippen LogP contribution in [0.15, 0.2) is 36.9 Å². The summed E-state index contributed by atoms with van der Waals surface area (Å²) >= 11 is 0. The van der Waals surface area contributed by atoms with Crippen LogP contribution in [-0.2, 0) is 6.54 Å². The van der Waals surface area contributed by atoms with Gasteiger partial charge in [-0.05, 0) is 25.0 Å². The summed E-state index contributed by atoms with van der Waals surface area (Å²) in [5, 5.41) is 11.7. The Hall–Kier alpha value is -2.30. The minimum absolute atomic E-state index is 0.670. The molecule has 0 bridgehead atoms. The van der Waals surface area contributed by atoms with E-state index in [-0.39, 0.29) is 0 Å². The van der Waals surface area contributed by atoms with Gasteiger partial charge in [-0.15, -0.1) is 0 Å². The molecule has 2 aromatic heterocycles. The molecular weight excluding hydrogens is 238 g/mol. The van der Waals surface area contributed by atoms with Gasteiger partial charge in [0, 0.05) is 23.3 Å². The first-order chi connectivity index (χ1) is 9.42. The van der Waals surface area contributed by atoms with Crippen molar-refractivity contribution >= 4 is 16.6 Å². The highest BCUT2D eigenvalue weighted by Crippen LogP contribution is 2.35. The quantitative estimate of drug-likeness (QED) is 0.751. The molecule has 96 valence electrons. The lowest BCUT2D eigenvalue weighted by Crippen LogP contribution is -2.06. The molecule has 19 heavy (non-hydrogen) atoms. The zero-order valence-electron chi connectivity index (χ0n) is 10.5. The van der Waals surface area contributed by atoms with E-state index in [2.05, 4.69) is 31.1 Å². The van der Waals surface area contributed by atoms with Gasteiger partial charge in [0.1, 0.15) is 0 Å². The van der Waals surface area contributed by atoms with Crippen molar-refractivity contribution in [3.8, 4) is 0 Å². The van der Waals surface area contributed by atoms with Crippen molar-refractivity contribution in [2.45, 2.75) is 25.4 Å². The Bertz CT molecular complexity index is 707. The molecule has 3 aromatic rings. The molecule has 0 amide bonds. The number of aromatic amines is 1. The number of hydrogen-bond donors (Lipinski definition) is 2. The summed E-state index contributed by atoms with van der Waals surface area (Å²) in [6.45, 7) is 0.792. The molecule has 0 spiro atoms. The SMILES string of the molecule is c1cc(NCc2cncn2C2CC2)c2cn[nH]c2c1. The zero-order valence-corrected chi connectivity index (χ0v) is 10.5. The van der Waals surface area contributed by atoms with Crippen LogP contribution in [0.2, 0.25) is 0 Å². The van der Waals surface area contributed by atoms with Gasteiger partial charge in [0.15, 0.2) is 0 Å². The monoisotopic (exact) mass is 253 g/mol. The second-order valence-corrected chi connectivity index (χ2v) is 5.01. The number of imidazole rings is 1. The van der Waals surface area contributed by atoms with Crippen molar-refractivity contribution in [2.75, 3.05) is 5.32 Å². The maximum absolute atomic E-state index is 4.25. The molecule has 0 radical (unpaired) electrons. The van der Waals surface area contributed by atoms with Crippen LogP contribution in [0.1, 0.15) is 24.6 Å². The van der Waals surface area contributed by atoms with Crippen molar-refractivity contribution in [3.63, 3.8) is 0 Å². The molecule has 5 nitrogen and oxygen atoms in total. The Balaban J connectivity index is 1.58. The Kier molecular flexibility index (Phi) is 2.30. The highest BCUT2D eigenvalue weighted by Gasteiger charge is 2.24. The van der Waals surface area contributed by atoms with E-state index in [1.807, 2.05) is 30.9 Å². The van der Waals surface area contributed by atoms with E-state index in [1.54, 1.807) is 0 Å². The fourth-order valence-electron chi connectivity index (χ4n) is 2.46. The first kappa shape index (κ1) is 10.6. The van der Waals surface area contributed by atoms with Crippen LogP contribution >= 0.6 is 0 Å². The average molecular weight is 253 g/mol. The van der Waals surface area contributed by atoms with E-state index >= 15 is 0 Å². The number of H-pyrrole nitrogens is 1. The van der Waals surface area contributed by atoms with E-state index < -0.39 is 0 Å². The number of aromatic nitrogens is 4. The van der Waals surface area contributed by atoms with Crippen molar-refractivity contribution < 1.29 is 0 Å². The van der Waals surface area contributed by atoms with Gasteiger partial charge in [-0.25, -0.2) is 4.98 Å². The Morgan fingerprint density at radius 1 is 1.32 bits per heavy atom. The minimum atomic E-state index is 0.670. The van der Waals surface area contributed by atoms with Gasteiger partial charge >= 0.3 is 0 Å². The topological polar surface area (TPSA) is 58.5 Å². The molecule has 0 aliphatic heterocycles. The standard InChI is InChI=1S/C14H15N5/c1-2-13(12-8-17-18-14(12)3-1)16-7-11-6-15-9-19(11)10-4-5-10/h1-3,6,8-10,16H,4-5,7H2,(H,17,18). The third kappa shape index (κ3) is 1.87. The minimum Gasteiger partial charge on any atom is -0.379 e. The Morgan fingerprint density at radius 2 is 2.26 bits per heavy atom. The molecule has 1 fully saturated rings. The lowest BCUT2D eigenvalue weighted by molar-refractivity contribution is 0.701. The maximum atomic E-state index is 4.25. The van der Waals surface area contributed by atoms with Crippen LogP contribution in [0, 0.1) is 0 Å². The summed E-state index contributed by atoms with van der Waals surface area (Å²) < 4.78 is 2.28. The van der Waals surface area contributed by atoms with Crippen molar-refractivity contribution in [1.29, 1.82) is 0 Å². The van der Waals surface area contributed by atoms with Crippen LogP contribution in [-0.4, -0.2) is 19.7 Å². The Labute approximate surface area is 110 Å². The number of hydrogen-bond acceptors (Lipinski definition) is 3. The lowest BCUT2D eigenvalue weighted by Gasteiger charge is -2.09. The third-order valence-electron chi connectivity index (χ3n) is 3.63. The molecule has 2 heterocycles. The van der Waals surface area contributed by atoms with Gasteiger partial charge in [-0.1, -0.05) is 6.07 Å². The van der Waals surface area contributed by atoms with Crippen LogP contribution < -0.4 is 5.32 Å². The van der Waals surface area contributed by atoms with Crippen LogP contribution in [0.4, 0.5) is 5.69 Å². The molecule has 5 heteroatoms. The summed E-state index contributed by atoms with van der Waals surface area (Å²) in [7, 11) is 0. The van der Waals surface area contributed by atoms with Crippen LogP contribution in [0.5, 0.6) is 0 Å². The number of nitrogens with zero attached hydrogens (tertiary/aromatic N) is 3. The smallest absolute Gasteiger partial charge is 0.0951 e. The highest BCUT2D eigenvalue weighted by atomic mass is 15.1. The van der Waals surface area contributed by atoms with Crippen molar-refractivity contribution in [1.82, 2.24) is 19.7 Å². The van der Waals surface area contributed by atoms with E-state index in [4.69, 9.17) is 0 Å². The summed E-state index contributed by atoms with van der Waals surface area (Å²) in [6, 6.07) is 6.81. The second-order valence-electron chi connectivity index (χ2n) is 5.01. The van der Waals surface area contributed by atoms with Crippen molar-refractivity contribution in [2.24, 2.45) is 0 Å². The van der Waals surface area contributed by atoms with Crippen LogP contribution in [0.3, 0.4) is 0 Å². The lowest BCUT2D eigenvalue weighted by atomic mass is 10.2. The zero-order chi connectivity index (χ0) is 12.7. The van der Waals surface area contributed by atoms with Gasteiger partial charge in [-0.3, -0.25) is 5.10 Å². The molecular formula is C14H15N5. The predicted octanol–water partition coefficient (Wildman–Crippen LogP) is 2.71. The summed E-state index contributed by atoms with van der Waals surface area (Å²) in [6.07, 6.45) is 8.30. The fraction of sp³-hybridized carbons (Fsp3) is 0.286. The maximum Gasteiger partial charge on any atom is 0.0951 e. The third-order valence-corrected chi connectivity index (χ3v) is 3.63. The highest BCUT2D eigenvalue weighted by molar-refractivity contribution is 5.90. The summed E-state index contributed by atoms with van der Waals surface area (Å²) in [5.41, 5.74) is 3.40. The van der Waals surface area contributed by atoms with Gasteiger partial charge in [0.05, 0.1) is 30.3 Å². The van der Waals surface area contributed by atoms with Gasteiger partial charge in [-0.2, -0.15) is 5.10 Å². The normalized spacial score (nSPS) is 14.9. The number of fused-ring (bicyclic) bond motifs is 1. The summed E-state index contributed by atoms with van der Waals surface area (Å²) in [5.74, 6) is 0. The molecule has 4 rings (SSSR count). The largest absolute Gasteiger partial charge is 0.379 e. The van der Waals surface area contributed by atoms with E-state index in [0.717, 1.165) is 23.1 Å². The van der Waals surface area contributed by atoms with Crippen molar-refractivity contribution in [3.05, 3.63) is 42.6 Å². The number of benzene rings is 1. The number of nitrogens with one attached hydrogen (secondary N) is 2. The molecule has 1 aliphatic rings. The molecule has 2 N–H and O–H groups in total. The molecule has 0 unspecified atom stereocenters. The predicted molar refractivity (Wildman–Crippen MR) is 73.9 cm³/mol. The van der Waals surface area contributed by atoms with Crippen LogP contribution in [0.25, 0.3) is 10.9 Å². The molecule has 1 saturated carbocycles. The first-order valence-corrected chi connectivity index (χ1v) is 6.58. The Morgan fingerprint density at radius 3 is 3.16 bits per heavy atom. The molecule has 1 aliphatic carbocycles. The average Bonchev–Trinajstić information content (AvgIpc) is 2.99. The molecule has 0 saturated heterocycles. The second kappa shape index (κ2) is 4.12. The molecule has 0 atom stereocenters. The first-order valence-electron chi connectivity index (χ1n) is 6.58. The van der Waals surface area contributed by atoms with Gasteiger partial charge in [0.25, 0.3) is 0 Å². The fourth-order valence-corrected chi connectivity index (χ4v) is 2.46. The van der Waals surface area contributed by atoms with E-state index in [1.165, 1.54) is 18.5 Å². The van der Waals surface area contributed by atoms with E-state index in [0.29, 0.717) is 6.04 Å². The van der Waals surface area contributed by atoms with E-state index in [9.17, 15) is 0 Å². The van der Waals surface area contributed by atoms with Gasteiger partial charge in [0.2, 0.25) is 0 Å². The molecule has 1 aromatic carbocycles. The van der Waals surface area contributed by atoms with Gasteiger partial charge < -0.3 is 9.88 Å².